The number of hydrogen-bond acceptors (Lipinski definition) is 5. The van der Waals surface area contributed by atoms with Crippen LogP contribution in [0.2, 0.25) is 0 Å². The lowest BCUT2D eigenvalue weighted by molar-refractivity contribution is -0.143. The van der Waals surface area contributed by atoms with E-state index in [1.54, 1.807) is 19.2 Å². The minimum atomic E-state index is -4.91. The van der Waals surface area contributed by atoms with Crippen molar-refractivity contribution in [3.63, 3.8) is 0 Å². The van der Waals surface area contributed by atoms with E-state index < -0.39 is 29.2 Å². The molecule has 2 aromatic heterocycles. The molecule has 0 aliphatic heterocycles. The highest BCUT2D eigenvalue weighted by molar-refractivity contribution is 5.90. The molecule has 0 saturated carbocycles. The van der Waals surface area contributed by atoms with E-state index in [1.165, 1.54) is 31.2 Å². The van der Waals surface area contributed by atoms with E-state index in [2.05, 4.69) is 10.1 Å². The number of halogens is 4. The molecule has 0 saturated heterocycles. The topological polar surface area (TPSA) is 66.2 Å². The van der Waals surface area contributed by atoms with E-state index in [9.17, 15) is 22.4 Å². The normalized spacial score (nSPS) is 12.3. The Balaban J connectivity index is 1.75. The maximum atomic E-state index is 14.4. The molecule has 198 valence electrons. The van der Waals surface area contributed by atoms with Crippen molar-refractivity contribution in [1.82, 2.24) is 14.8 Å². The summed E-state index contributed by atoms with van der Waals surface area (Å²) in [6, 6.07) is 16.3. The fourth-order valence-electron chi connectivity index (χ4n) is 4.25. The Morgan fingerprint density at radius 3 is 2.47 bits per heavy atom. The van der Waals surface area contributed by atoms with Crippen LogP contribution in [0, 0.1) is 5.82 Å². The Morgan fingerprint density at radius 1 is 1.08 bits per heavy atom. The minimum absolute atomic E-state index is 0.0738. The van der Waals surface area contributed by atoms with Crippen LogP contribution in [0.3, 0.4) is 0 Å². The van der Waals surface area contributed by atoms with Gasteiger partial charge in [0.05, 0.1) is 25.6 Å². The van der Waals surface area contributed by atoms with Crippen molar-refractivity contribution in [2.24, 2.45) is 0 Å². The summed E-state index contributed by atoms with van der Waals surface area (Å²) >= 11 is 0. The third kappa shape index (κ3) is 5.69. The molecule has 10 heteroatoms. The molecule has 4 rings (SSSR count). The number of nitrogens with zero attached hydrogens (tertiary/aromatic N) is 3. The zero-order chi connectivity index (χ0) is 27.4. The number of alkyl halides is 3. The van der Waals surface area contributed by atoms with E-state index >= 15 is 0 Å². The predicted octanol–water partition coefficient (Wildman–Crippen LogP) is 6.62. The Hall–Kier alpha value is -4.21. The summed E-state index contributed by atoms with van der Waals surface area (Å²) in [4.78, 5) is 16.5. The first kappa shape index (κ1) is 26.8. The smallest absolute Gasteiger partial charge is 0.434 e. The van der Waals surface area contributed by atoms with Crippen LogP contribution in [0.15, 0.2) is 66.9 Å². The van der Waals surface area contributed by atoms with E-state index in [1.807, 2.05) is 31.2 Å². The first-order valence-corrected chi connectivity index (χ1v) is 11.8. The number of carbonyl (C=O) groups is 1. The first-order chi connectivity index (χ1) is 18.1. The van der Waals surface area contributed by atoms with Crippen LogP contribution in [0.1, 0.15) is 46.9 Å². The Bertz CT molecular complexity index is 1430. The second-order valence-electron chi connectivity index (χ2n) is 8.60. The van der Waals surface area contributed by atoms with Crippen LogP contribution < -0.4 is 4.74 Å². The van der Waals surface area contributed by atoms with Crippen LogP contribution in [-0.2, 0) is 17.3 Å². The zero-order valence-electron chi connectivity index (χ0n) is 20.9. The summed E-state index contributed by atoms with van der Waals surface area (Å²) in [6.07, 6.45) is -3.48. The van der Waals surface area contributed by atoms with Crippen molar-refractivity contribution in [3.8, 4) is 22.8 Å². The van der Waals surface area contributed by atoms with Gasteiger partial charge in [-0.25, -0.2) is 18.9 Å². The Kier molecular flexibility index (Phi) is 7.80. The largest absolute Gasteiger partial charge is 0.497 e. The quantitative estimate of drug-likeness (QED) is 0.190. The standard InChI is InChI=1S/C28H25F4N3O3/c1-4-38-27(36)23-16-33-35(26(23)28(30,31)32)25-7-5-6-24(34-25)22-15-19(29)10-13-21(22)17(2)14-18-8-11-20(37-3)12-9-18/h5-13,15-17H,4,14H2,1-3H3. The molecule has 0 radical (unpaired) electrons. The molecule has 38 heavy (non-hydrogen) atoms. The molecule has 2 aromatic carbocycles. The molecule has 0 fully saturated rings. The maximum absolute atomic E-state index is 14.4. The summed E-state index contributed by atoms with van der Waals surface area (Å²) in [6.45, 7) is 3.38. The van der Waals surface area contributed by atoms with Crippen molar-refractivity contribution in [3.05, 3.63) is 95.1 Å². The number of aromatic nitrogens is 3. The highest BCUT2D eigenvalue weighted by Gasteiger charge is 2.41. The predicted molar refractivity (Wildman–Crippen MR) is 133 cm³/mol. The van der Waals surface area contributed by atoms with Crippen molar-refractivity contribution in [1.29, 1.82) is 0 Å². The summed E-state index contributed by atoms with van der Waals surface area (Å²) < 4.78 is 66.8. The molecule has 0 aliphatic rings. The van der Waals surface area contributed by atoms with Crippen molar-refractivity contribution < 1.29 is 31.8 Å². The number of ether oxygens (including phenoxy) is 2. The Labute approximate surface area is 216 Å². The van der Waals surface area contributed by atoms with Gasteiger partial charge in [0.15, 0.2) is 11.5 Å². The van der Waals surface area contributed by atoms with Gasteiger partial charge in [0.2, 0.25) is 0 Å². The van der Waals surface area contributed by atoms with Gasteiger partial charge >= 0.3 is 12.1 Å². The van der Waals surface area contributed by atoms with Gasteiger partial charge in [0, 0.05) is 5.56 Å². The van der Waals surface area contributed by atoms with E-state index in [4.69, 9.17) is 9.47 Å². The lowest BCUT2D eigenvalue weighted by atomic mass is 9.89. The number of carbonyl (C=O) groups excluding carboxylic acids is 1. The molecule has 1 atom stereocenters. The van der Waals surface area contributed by atoms with Gasteiger partial charge in [-0.05, 0) is 66.8 Å². The molecule has 0 aliphatic carbocycles. The average Bonchev–Trinajstić information content (AvgIpc) is 3.36. The van der Waals surface area contributed by atoms with Gasteiger partial charge in [-0.3, -0.25) is 0 Å². The minimum Gasteiger partial charge on any atom is -0.497 e. The van der Waals surface area contributed by atoms with Gasteiger partial charge in [-0.1, -0.05) is 31.2 Å². The van der Waals surface area contributed by atoms with Gasteiger partial charge in [0.25, 0.3) is 0 Å². The number of rotatable bonds is 8. The van der Waals surface area contributed by atoms with Crippen LogP contribution in [0.4, 0.5) is 17.6 Å². The number of methoxy groups -OCH3 is 1. The van der Waals surface area contributed by atoms with Crippen LogP contribution in [-0.4, -0.2) is 34.5 Å². The summed E-state index contributed by atoms with van der Waals surface area (Å²) in [5.41, 5.74) is 0.502. The third-order valence-corrected chi connectivity index (χ3v) is 6.01. The van der Waals surface area contributed by atoms with Crippen molar-refractivity contribution >= 4 is 5.97 Å². The number of pyridine rings is 1. The highest BCUT2D eigenvalue weighted by atomic mass is 19.4. The fourth-order valence-corrected chi connectivity index (χ4v) is 4.25. The molecule has 0 N–H and O–H groups in total. The van der Waals surface area contributed by atoms with E-state index in [0.29, 0.717) is 16.7 Å². The number of hydrogen-bond donors (Lipinski definition) is 0. The molecule has 1 unspecified atom stereocenters. The SMILES string of the molecule is CCOC(=O)c1cnn(-c2cccc(-c3cc(F)ccc3C(C)Cc3ccc(OC)cc3)n2)c1C(F)(F)F. The molecular weight excluding hydrogens is 502 g/mol. The monoisotopic (exact) mass is 527 g/mol. The van der Waals surface area contributed by atoms with Crippen LogP contribution >= 0.6 is 0 Å². The Morgan fingerprint density at radius 2 is 1.82 bits per heavy atom. The zero-order valence-corrected chi connectivity index (χ0v) is 20.9. The van der Waals surface area contributed by atoms with Crippen molar-refractivity contribution in [2.75, 3.05) is 13.7 Å². The molecule has 2 heterocycles. The molecular formula is C28H25F4N3O3. The van der Waals surface area contributed by atoms with Gasteiger partial charge in [-0.2, -0.15) is 18.3 Å². The van der Waals surface area contributed by atoms with Gasteiger partial charge < -0.3 is 9.47 Å². The molecule has 4 aromatic rings. The molecule has 0 amide bonds. The van der Waals surface area contributed by atoms with Gasteiger partial charge in [0.1, 0.15) is 17.1 Å². The molecule has 6 nitrogen and oxygen atoms in total. The van der Waals surface area contributed by atoms with Crippen molar-refractivity contribution in [2.45, 2.75) is 32.4 Å². The van der Waals surface area contributed by atoms with Crippen LogP contribution in [0.25, 0.3) is 17.1 Å². The lowest BCUT2D eigenvalue weighted by Gasteiger charge is -2.18. The maximum Gasteiger partial charge on any atom is 0.434 e. The van der Waals surface area contributed by atoms with Gasteiger partial charge in [-0.15, -0.1) is 0 Å². The first-order valence-electron chi connectivity index (χ1n) is 11.8. The molecule has 0 spiro atoms. The second-order valence-corrected chi connectivity index (χ2v) is 8.60. The second kappa shape index (κ2) is 11.0. The third-order valence-electron chi connectivity index (χ3n) is 6.01. The fraction of sp³-hybridized carbons (Fsp3) is 0.250. The molecule has 0 bridgehead atoms. The van der Waals surface area contributed by atoms with E-state index in [-0.39, 0.29) is 24.0 Å². The number of esters is 1. The highest BCUT2D eigenvalue weighted by Crippen LogP contribution is 2.35. The van der Waals surface area contributed by atoms with Crippen LogP contribution in [0.5, 0.6) is 5.75 Å². The lowest BCUT2D eigenvalue weighted by Crippen LogP contribution is -2.19. The number of benzene rings is 2. The summed E-state index contributed by atoms with van der Waals surface area (Å²) in [7, 11) is 1.59. The summed E-state index contributed by atoms with van der Waals surface area (Å²) in [5.74, 6) is -1.17. The average molecular weight is 528 g/mol. The summed E-state index contributed by atoms with van der Waals surface area (Å²) in [5, 5.41) is 3.79. The van der Waals surface area contributed by atoms with E-state index in [0.717, 1.165) is 23.1 Å².